The fourth-order valence-corrected chi connectivity index (χ4v) is 4.48. The third kappa shape index (κ3) is 2.48. The largest absolute Gasteiger partial charge is 0.497 e. The molecule has 2 aliphatic rings. The molecule has 3 heteroatoms. The molecule has 2 aromatic carbocycles. The molecule has 24 heavy (non-hydrogen) atoms. The quantitative estimate of drug-likeness (QED) is 0.926. The van der Waals surface area contributed by atoms with Gasteiger partial charge in [-0.1, -0.05) is 18.2 Å². The van der Waals surface area contributed by atoms with Crippen LogP contribution in [0, 0.1) is 5.92 Å². The summed E-state index contributed by atoms with van der Waals surface area (Å²) >= 11 is 0. The number of methoxy groups -OCH3 is 1. The van der Waals surface area contributed by atoms with Gasteiger partial charge in [0, 0.05) is 31.7 Å². The molecule has 1 aliphatic carbocycles. The van der Waals surface area contributed by atoms with Crippen LogP contribution in [0.25, 0.3) is 0 Å². The van der Waals surface area contributed by atoms with Crippen molar-refractivity contribution in [1.29, 1.82) is 0 Å². The van der Waals surface area contributed by atoms with E-state index in [1.165, 1.54) is 35.2 Å². The Bertz CT molecular complexity index is 723. The van der Waals surface area contributed by atoms with Crippen molar-refractivity contribution < 1.29 is 4.74 Å². The second-order valence-electron chi connectivity index (χ2n) is 7.20. The van der Waals surface area contributed by atoms with Crippen LogP contribution in [-0.4, -0.2) is 27.7 Å². The van der Waals surface area contributed by atoms with E-state index in [0.29, 0.717) is 17.9 Å². The molecule has 3 nitrogen and oxygen atoms in total. The van der Waals surface area contributed by atoms with Crippen molar-refractivity contribution in [2.75, 3.05) is 32.6 Å². The number of ether oxygens (including phenoxy) is 1. The van der Waals surface area contributed by atoms with E-state index >= 15 is 0 Å². The second-order valence-corrected chi connectivity index (χ2v) is 7.20. The predicted molar refractivity (Wildman–Crippen MR) is 99.1 cm³/mol. The van der Waals surface area contributed by atoms with Crippen molar-refractivity contribution in [1.82, 2.24) is 5.32 Å². The molecule has 1 fully saturated rings. The Morgan fingerprint density at radius 1 is 1.04 bits per heavy atom. The lowest BCUT2D eigenvalue weighted by Gasteiger charge is -2.31. The maximum atomic E-state index is 5.50. The number of hydrogen-bond acceptors (Lipinski definition) is 3. The Balaban J connectivity index is 1.78. The Morgan fingerprint density at radius 2 is 1.83 bits per heavy atom. The molecule has 0 aromatic heterocycles. The highest BCUT2D eigenvalue weighted by Gasteiger charge is 2.42. The molecular formula is C21H26N2O. The van der Waals surface area contributed by atoms with Gasteiger partial charge in [-0.15, -0.1) is 0 Å². The van der Waals surface area contributed by atoms with Gasteiger partial charge in [-0.3, -0.25) is 0 Å². The molecule has 4 rings (SSSR count). The van der Waals surface area contributed by atoms with E-state index < -0.39 is 0 Å². The highest BCUT2D eigenvalue weighted by molar-refractivity contribution is 5.53. The van der Waals surface area contributed by atoms with Crippen LogP contribution in [0.2, 0.25) is 0 Å². The number of nitrogens with zero attached hydrogens (tertiary/aromatic N) is 1. The summed E-state index contributed by atoms with van der Waals surface area (Å²) in [6, 6.07) is 16.2. The maximum absolute atomic E-state index is 5.50. The Kier molecular flexibility index (Phi) is 3.97. The second kappa shape index (κ2) is 6.14. The van der Waals surface area contributed by atoms with Crippen LogP contribution in [-0.2, 0) is 0 Å². The van der Waals surface area contributed by atoms with Gasteiger partial charge in [0.2, 0.25) is 0 Å². The number of rotatable bonds is 3. The Labute approximate surface area is 144 Å². The van der Waals surface area contributed by atoms with Gasteiger partial charge in [-0.05, 0) is 66.3 Å². The molecule has 0 radical (unpaired) electrons. The summed E-state index contributed by atoms with van der Waals surface area (Å²) in [6.07, 6.45) is 2.55. The van der Waals surface area contributed by atoms with Crippen molar-refractivity contribution in [3.8, 4) is 5.75 Å². The van der Waals surface area contributed by atoms with E-state index in [2.05, 4.69) is 66.8 Å². The van der Waals surface area contributed by atoms with Gasteiger partial charge in [0.15, 0.2) is 0 Å². The van der Waals surface area contributed by atoms with Crippen LogP contribution in [0.1, 0.15) is 41.5 Å². The lowest BCUT2D eigenvalue weighted by atomic mass is 9.80. The number of piperidine rings is 1. The average Bonchev–Trinajstić information content (AvgIpc) is 2.95. The molecule has 0 unspecified atom stereocenters. The Hall–Kier alpha value is -2.00. The average molecular weight is 322 g/mol. The summed E-state index contributed by atoms with van der Waals surface area (Å²) < 4.78 is 5.50. The third-order valence-corrected chi connectivity index (χ3v) is 5.67. The minimum absolute atomic E-state index is 0.462. The molecule has 126 valence electrons. The van der Waals surface area contributed by atoms with Gasteiger partial charge in [0.25, 0.3) is 0 Å². The highest BCUT2D eigenvalue weighted by Crippen LogP contribution is 2.52. The normalized spacial score (nSPS) is 25.0. The predicted octanol–water partition coefficient (Wildman–Crippen LogP) is 3.95. The van der Waals surface area contributed by atoms with E-state index in [-0.39, 0.29) is 0 Å². The molecule has 0 bridgehead atoms. The lowest BCUT2D eigenvalue weighted by molar-refractivity contribution is 0.287. The molecule has 1 saturated heterocycles. The first-order chi connectivity index (χ1) is 11.7. The topological polar surface area (TPSA) is 24.5 Å². The molecule has 0 spiro atoms. The van der Waals surface area contributed by atoms with E-state index in [1.54, 1.807) is 7.11 Å². The summed E-state index contributed by atoms with van der Waals surface area (Å²) in [5, 5.41) is 3.76. The first kappa shape index (κ1) is 15.5. The van der Waals surface area contributed by atoms with Crippen LogP contribution in [0.15, 0.2) is 42.5 Å². The van der Waals surface area contributed by atoms with Crippen molar-refractivity contribution in [3.05, 3.63) is 59.2 Å². The fraction of sp³-hybridized carbons (Fsp3) is 0.429. The van der Waals surface area contributed by atoms with Gasteiger partial charge in [-0.25, -0.2) is 0 Å². The van der Waals surface area contributed by atoms with Crippen molar-refractivity contribution in [2.45, 2.75) is 24.8 Å². The minimum atomic E-state index is 0.462. The van der Waals surface area contributed by atoms with E-state index in [0.717, 1.165) is 12.3 Å². The van der Waals surface area contributed by atoms with E-state index in [1.807, 2.05) is 0 Å². The molecule has 3 atom stereocenters. The van der Waals surface area contributed by atoms with Crippen LogP contribution in [0.3, 0.4) is 0 Å². The molecule has 1 heterocycles. The zero-order chi connectivity index (χ0) is 16.7. The first-order valence-corrected chi connectivity index (χ1v) is 8.87. The van der Waals surface area contributed by atoms with Crippen LogP contribution < -0.4 is 15.0 Å². The number of anilines is 1. The van der Waals surface area contributed by atoms with Gasteiger partial charge in [0.05, 0.1) is 7.11 Å². The lowest BCUT2D eigenvalue weighted by Crippen LogP contribution is -2.32. The maximum Gasteiger partial charge on any atom is 0.119 e. The molecule has 0 amide bonds. The van der Waals surface area contributed by atoms with Gasteiger partial charge < -0.3 is 15.0 Å². The highest BCUT2D eigenvalue weighted by atomic mass is 16.5. The molecule has 0 saturated carbocycles. The van der Waals surface area contributed by atoms with Gasteiger partial charge in [0.1, 0.15) is 5.75 Å². The monoisotopic (exact) mass is 322 g/mol. The number of nitrogens with one attached hydrogen (secondary N) is 1. The fourth-order valence-electron chi connectivity index (χ4n) is 4.48. The summed E-state index contributed by atoms with van der Waals surface area (Å²) in [5.41, 5.74) is 5.57. The van der Waals surface area contributed by atoms with Crippen LogP contribution >= 0.6 is 0 Å². The van der Waals surface area contributed by atoms with E-state index in [9.17, 15) is 0 Å². The molecule has 1 N–H and O–H groups in total. The zero-order valence-corrected chi connectivity index (χ0v) is 14.8. The van der Waals surface area contributed by atoms with Gasteiger partial charge >= 0.3 is 0 Å². The number of fused-ring (bicyclic) bond motifs is 3. The van der Waals surface area contributed by atoms with Crippen LogP contribution in [0.4, 0.5) is 5.69 Å². The van der Waals surface area contributed by atoms with Crippen molar-refractivity contribution in [2.24, 2.45) is 5.92 Å². The summed E-state index contributed by atoms with van der Waals surface area (Å²) in [4.78, 5) is 2.15. The summed E-state index contributed by atoms with van der Waals surface area (Å²) in [7, 11) is 5.93. The third-order valence-electron chi connectivity index (χ3n) is 5.67. The summed E-state index contributed by atoms with van der Waals surface area (Å²) in [5.74, 6) is 2.07. The van der Waals surface area contributed by atoms with Crippen molar-refractivity contribution >= 4 is 5.69 Å². The van der Waals surface area contributed by atoms with Gasteiger partial charge in [-0.2, -0.15) is 0 Å². The smallest absolute Gasteiger partial charge is 0.119 e. The van der Waals surface area contributed by atoms with Crippen LogP contribution in [0.5, 0.6) is 5.75 Å². The summed E-state index contributed by atoms with van der Waals surface area (Å²) in [6.45, 7) is 1.12. The number of benzene rings is 2. The SMILES string of the molecule is COc1ccc2c(c1)[C@H](c1ccc(N(C)C)cc1)[C@@H]1CCCN[C@H]21. The number of hydrogen-bond donors (Lipinski definition) is 1. The molecule has 1 aliphatic heterocycles. The minimum Gasteiger partial charge on any atom is -0.497 e. The van der Waals surface area contributed by atoms with Crippen molar-refractivity contribution in [3.63, 3.8) is 0 Å². The molecule has 2 aromatic rings. The first-order valence-electron chi connectivity index (χ1n) is 8.87. The standard InChI is InChI=1S/C21H26N2O/c1-23(2)15-8-6-14(7-9-15)20-18-5-4-12-22-21(18)17-11-10-16(24-3)13-19(17)20/h6-11,13,18,20-22H,4-5,12H2,1-3H3/t18-,20+,21+/m0/s1. The Morgan fingerprint density at radius 3 is 2.54 bits per heavy atom. The molecular weight excluding hydrogens is 296 g/mol. The van der Waals surface area contributed by atoms with E-state index in [4.69, 9.17) is 4.74 Å². The zero-order valence-electron chi connectivity index (χ0n) is 14.8.